The highest BCUT2D eigenvalue weighted by Crippen LogP contribution is 2.05. The van der Waals surface area contributed by atoms with Crippen LogP contribution in [0.25, 0.3) is 0 Å². The molecule has 1 amide bonds. The molecule has 1 N–H and O–H groups in total. The van der Waals surface area contributed by atoms with Gasteiger partial charge in [0, 0.05) is 31.9 Å². The van der Waals surface area contributed by atoms with Crippen molar-refractivity contribution in [2.75, 3.05) is 20.1 Å². The summed E-state index contributed by atoms with van der Waals surface area (Å²) in [6.45, 7) is 4.33. The number of pyridine rings is 1. The zero-order chi connectivity index (χ0) is 12.5. The summed E-state index contributed by atoms with van der Waals surface area (Å²) in [4.78, 5) is 17.8. The molecule has 0 aliphatic rings. The first-order chi connectivity index (χ1) is 8.27. The molecule has 0 fully saturated rings. The van der Waals surface area contributed by atoms with Crippen molar-refractivity contribution in [2.45, 2.75) is 26.3 Å². The zero-order valence-corrected chi connectivity index (χ0v) is 10.6. The lowest BCUT2D eigenvalue weighted by Gasteiger charge is -2.21. The van der Waals surface area contributed by atoms with Crippen LogP contribution < -0.4 is 5.32 Å². The molecule has 0 spiro atoms. The largest absolute Gasteiger partial charge is 0.339 e. The average molecular weight is 235 g/mol. The number of carbonyl (C=O) groups excluding carboxylic acids is 1. The molecule has 1 aromatic heterocycles. The summed E-state index contributed by atoms with van der Waals surface area (Å²) in [6, 6.07) is 3.90. The highest BCUT2D eigenvalue weighted by Gasteiger charge is 2.11. The maximum absolute atomic E-state index is 11.9. The van der Waals surface area contributed by atoms with Crippen LogP contribution in [0.2, 0.25) is 0 Å². The van der Waals surface area contributed by atoms with E-state index in [1.54, 1.807) is 12.4 Å². The number of carbonyl (C=O) groups is 1. The Morgan fingerprint density at radius 3 is 2.71 bits per heavy atom. The van der Waals surface area contributed by atoms with Gasteiger partial charge >= 0.3 is 0 Å². The topological polar surface area (TPSA) is 45.2 Å². The van der Waals surface area contributed by atoms with Crippen LogP contribution in [0.4, 0.5) is 0 Å². The summed E-state index contributed by atoms with van der Waals surface area (Å²) in [5.41, 5.74) is 1.13. The Morgan fingerprint density at radius 2 is 2.12 bits per heavy atom. The van der Waals surface area contributed by atoms with E-state index >= 15 is 0 Å². The lowest BCUT2D eigenvalue weighted by molar-refractivity contribution is -0.131. The predicted octanol–water partition coefficient (Wildman–Crippen LogP) is 1.43. The van der Waals surface area contributed by atoms with E-state index in [1.165, 1.54) is 0 Å². The first-order valence-electron chi connectivity index (χ1n) is 6.09. The maximum Gasteiger partial charge on any atom is 0.222 e. The summed E-state index contributed by atoms with van der Waals surface area (Å²) in [6.07, 6.45) is 5.02. The fraction of sp³-hybridized carbons (Fsp3) is 0.538. The standard InChI is InChI=1S/C13H21N3O/c1-3-16(13(17)5-4-8-14-2)11-12-6-9-15-10-7-12/h6-7,9-10,14H,3-5,8,11H2,1-2H3. The molecule has 17 heavy (non-hydrogen) atoms. The Hall–Kier alpha value is -1.42. The van der Waals surface area contributed by atoms with Crippen LogP contribution in [0.1, 0.15) is 25.3 Å². The number of hydrogen-bond acceptors (Lipinski definition) is 3. The number of nitrogens with one attached hydrogen (secondary N) is 1. The van der Waals surface area contributed by atoms with Crippen molar-refractivity contribution in [1.82, 2.24) is 15.2 Å². The Bertz CT molecular complexity index is 327. The van der Waals surface area contributed by atoms with Gasteiger partial charge in [0.05, 0.1) is 0 Å². The molecule has 0 aromatic carbocycles. The molecule has 94 valence electrons. The lowest BCUT2D eigenvalue weighted by Crippen LogP contribution is -2.30. The summed E-state index contributed by atoms with van der Waals surface area (Å²) in [5, 5.41) is 3.05. The zero-order valence-electron chi connectivity index (χ0n) is 10.6. The molecule has 0 aliphatic carbocycles. The first kappa shape index (κ1) is 13.6. The van der Waals surface area contributed by atoms with Gasteiger partial charge in [-0.05, 0) is 44.6 Å². The molecule has 0 unspecified atom stereocenters. The van der Waals surface area contributed by atoms with Crippen LogP contribution in [-0.4, -0.2) is 35.9 Å². The van der Waals surface area contributed by atoms with Gasteiger partial charge < -0.3 is 10.2 Å². The molecule has 1 heterocycles. The van der Waals surface area contributed by atoms with E-state index in [9.17, 15) is 4.79 Å². The molecular formula is C13H21N3O. The van der Waals surface area contributed by atoms with E-state index in [2.05, 4.69) is 10.3 Å². The van der Waals surface area contributed by atoms with Crippen LogP contribution in [-0.2, 0) is 11.3 Å². The third-order valence-electron chi connectivity index (χ3n) is 2.67. The minimum Gasteiger partial charge on any atom is -0.339 e. The van der Waals surface area contributed by atoms with Crippen molar-refractivity contribution in [1.29, 1.82) is 0 Å². The van der Waals surface area contributed by atoms with Crippen molar-refractivity contribution in [2.24, 2.45) is 0 Å². The SMILES string of the molecule is CCN(Cc1ccncc1)C(=O)CCCNC. The van der Waals surface area contributed by atoms with Gasteiger partial charge in [-0.2, -0.15) is 0 Å². The maximum atomic E-state index is 11.9. The Labute approximate surface area is 103 Å². The number of rotatable bonds is 7. The molecule has 0 bridgehead atoms. The molecule has 1 aromatic rings. The number of nitrogens with zero attached hydrogens (tertiary/aromatic N) is 2. The van der Waals surface area contributed by atoms with Crippen LogP contribution in [0.15, 0.2) is 24.5 Å². The predicted molar refractivity (Wildman–Crippen MR) is 68.5 cm³/mol. The van der Waals surface area contributed by atoms with E-state index in [-0.39, 0.29) is 5.91 Å². The number of amides is 1. The summed E-state index contributed by atoms with van der Waals surface area (Å²) in [5.74, 6) is 0.222. The van der Waals surface area contributed by atoms with Gasteiger partial charge in [-0.1, -0.05) is 0 Å². The van der Waals surface area contributed by atoms with Gasteiger partial charge in [0.25, 0.3) is 0 Å². The van der Waals surface area contributed by atoms with Gasteiger partial charge in [-0.15, -0.1) is 0 Å². The van der Waals surface area contributed by atoms with Crippen LogP contribution in [0, 0.1) is 0 Å². The molecule has 0 atom stereocenters. The molecule has 4 heteroatoms. The van der Waals surface area contributed by atoms with Crippen LogP contribution >= 0.6 is 0 Å². The van der Waals surface area contributed by atoms with Crippen molar-refractivity contribution in [3.63, 3.8) is 0 Å². The number of hydrogen-bond donors (Lipinski definition) is 1. The molecule has 4 nitrogen and oxygen atoms in total. The van der Waals surface area contributed by atoms with Crippen molar-refractivity contribution >= 4 is 5.91 Å². The Balaban J connectivity index is 2.45. The van der Waals surface area contributed by atoms with Crippen molar-refractivity contribution in [3.05, 3.63) is 30.1 Å². The highest BCUT2D eigenvalue weighted by atomic mass is 16.2. The van der Waals surface area contributed by atoms with E-state index in [0.29, 0.717) is 13.0 Å². The fourth-order valence-electron chi connectivity index (χ4n) is 1.66. The second-order valence-corrected chi connectivity index (χ2v) is 3.97. The smallest absolute Gasteiger partial charge is 0.222 e. The van der Waals surface area contributed by atoms with E-state index in [1.807, 2.05) is 31.0 Å². The second-order valence-electron chi connectivity index (χ2n) is 3.97. The minimum absolute atomic E-state index is 0.222. The highest BCUT2D eigenvalue weighted by molar-refractivity contribution is 5.76. The Kier molecular flexibility index (Phi) is 6.25. The van der Waals surface area contributed by atoms with Crippen molar-refractivity contribution < 1.29 is 4.79 Å². The number of aromatic nitrogens is 1. The van der Waals surface area contributed by atoms with E-state index < -0.39 is 0 Å². The normalized spacial score (nSPS) is 10.2. The van der Waals surface area contributed by atoms with E-state index in [4.69, 9.17) is 0 Å². The molecular weight excluding hydrogens is 214 g/mol. The lowest BCUT2D eigenvalue weighted by atomic mass is 10.2. The van der Waals surface area contributed by atoms with Gasteiger partial charge in [0.1, 0.15) is 0 Å². The second kappa shape index (κ2) is 7.79. The van der Waals surface area contributed by atoms with E-state index in [0.717, 1.165) is 25.1 Å². The summed E-state index contributed by atoms with van der Waals surface area (Å²) in [7, 11) is 1.90. The fourth-order valence-corrected chi connectivity index (χ4v) is 1.66. The van der Waals surface area contributed by atoms with Gasteiger partial charge in [0.15, 0.2) is 0 Å². The van der Waals surface area contributed by atoms with Crippen LogP contribution in [0.5, 0.6) is 0 Å². The molecule has 0 aliphatic heterocycles. The molecule has 0 saturated heterocycles. The minimum atomic E-state index is 0.222. The molecule has 1 rings (SSSR count). The third-order valence-corrected chi connectivity index (χ3v) is 2.67. The summed E-state index contributed by atoms with van der Waals surface area (Å²) >= 11 is 0. The first-order valence-corrected chi connectivity index (χ1v) is 6.09. The average Bonchev–Trinajstić information content (AvgIpc) is 2.37. The third kappa shape index (κ3) is 4.95. The van der Waals surface area contributed by atoms with Crippen molar-refractivity contribution in [3.8, 4) is 0 Å². The quantitative estimate of drug-likeness (QED) is 0.727. The van der Waals surface area contributed by atoms with Gasteiger partial charge in [-0.3, -0.25) is 9.78 Å². The molecule has 0 radical (unpaired) electrons. The monoisotopic (exact) mass is 235 g/mol. The van der Waals surface area contributed by atoms with Gasteiger partial charge in [0.2, 0.25) is 5.91 Å². The Morgan fingerprint density at radius 1 is 1.41 bits per heavy atom. The van der Waals surface area contributed by atoms with Crippen LogP contribution in [0.3, 0.4) is 0 Å². The summed E-state index contributed by atoms with van der Waals surface area (Å²) < 4.78 is 0. The van der Waals surface area contributed by atoms with Gasteiger partial charge in [-0.25, -0.2) is 0 Å². The molecule has 0 saturated carbocycles.